The van der Waals surface area contributed by atoms with Crippen molar-refractivity contribution in [2.24, 2.45) is 0 Å². The zero-order chi connectivity index (χ0) is 15.6. The minimum absolute atomic E-state index is 0.199. The van der Waals surface area contributed by atoms with Crippen molar-refractivity contribution in [3.8, 4) is 11.5 Å². The lowest BCUT2D eigenvalue weighted by Crippen LogP contribution is -2.13. The molecule has 0 unspecified atom stereocenters. The maximum atomic E-state index is 12.5. The first-order valence-electron chi connectivity index (χ1n) is 6.58. The smallest absolute Gasteiger partial charge is 0.260 e. The first kappa shape index (κ1) is 15.4. The fourth-order valence-corrected chi connectivity index (χ4v) is 3.16. The quantitative estimate of drug-likeness (QED) is 0.930. The van der Waals surface area contributed by atoms with E-state index < -0.39 is 0 Å². The molecule has 5 heteroatoms. The van der Waals surface area contributed by atoms with Gasteiger partial charge in [0.05, 0.1) is 24.8 Å². The highest BCUT2D eigenvalue weighted by Crippen LogP contribution is 2.34. The topological polar surface area (TPSA) is 47.6 Å². The summed E-state index contributed by atoms with van der Waals surface area (Å²) in [5, 5.41) is 3.83. The van der Waals surface area contributed by atoms with E-state index in [4.69, 9.17) is 9.47 Å². The summed E-state index contributed by atoms with van der Waals surface area (Å²) in [6.45, 7) is 6.12. The van der Waals surface area contributed by atoms with E-state index in [9.17, 15) is 4.79 Å². The van der Waals surface area contributed by atoms with Crippen molar-refractivity contribution in [3.63, 3.8) is 0 Å². The molecule has 2 rings (SSSR count). The second kappa shape index (κ2) is 6.18. The monoisotopic (exact) mass is 305 g/mol. The third kappa shape index (κ3) is 2.88. The van der Waals surface area contributed by atoms with E-state index in [2.05, 4.69) is 19.2 Å². The summed E-state index contributed by atoms with van der Waals surface area (Å²) >= 11 is 1.58. The maximum Gasteiger partial charge on any atom is 0.260 e. The molecule has 0 atom stereocenters. The molecular weight excluding hydrogens is 286 g/mol. The van der Waals surface area contributed by atoms with Crippen LogP contribution in [0.25, 0.3) is 0 Å². The number of hydrogen-bond acceptors (Lipinski definition) is 4. The molecule has 1 heterocycles. The first-order chi connectivity index (χ1) is 9.99. The molecule has 1 N–H and O–H groups in total. The highest BCUT2D eigenvalue weighted by Gasteiger charge is 2.18. The van der Waals surface area contributed by atoms with Gasteiger partial charge in [0, 0.05) is 4.88 Å². The van der Waals surface area contributed by atoms with Gasteiger partial charge in [0.15, 0.2) is 11.5 Å². The highest BCUT2D eigenvalue weighted by molar-refractivity contribution is 7.16. The number of nitrogens with one attached hydrogen (secondary N) is 1. The van der Waals surface area contributed by atoms with E-state index in [1.54, 1.807) is 36.6 Å². The Morgan fingerprint density at radius 3 is 2.33 bits per heavy atom. The molecule has 0 aliphatic carbocycles. The molecule has 112 valence electrons. The van der Waals surface area contributed by atoms with E-state index >= 15 is 0 Å². The van der Waals surface area contributed by atoms with Crippen molar-refractivity contribution in [3.05, 3.63) is 39.8 Å². The minimum Gasteiger partial charge on any atom is -0.493 e. The number of ether oxygens (including phenoxy) is 2. The van der Waals surface area contributed by atoms with Gasteiger partial charge < -0.3 is 14.8 Å². The molecule has 0 bridgehead atoms. The van der Waals surface area contributed by atoms with Crippen molar-refractivity contribution < 1.29 is 14.3 Å². The number of thiophene rings is 1. The molecule has 2 aromatic rings. The summed E-state index contributed by atoms with van der Waals surface area (Å²) < 4.78 is 10.5. The van der Waals surface area contributed by atoms with E-state index in [1.807, 2.05) is 6.92 Å². The average Bonchev–Trinajstić information content (AvgIpc) is 2.73. The van der Waals surface area contributed by atoms with E-state index in [0.717, 1.165) is 10.6 Å². The van der Waals surface area contributed by atoms with Gasteiger partial charge in [0.25, 0.3) is 5.91 Å². The third-order valence-electron chi connectivity index (χ3n) is 3.56. The maximum absolute atomic E-state index is 12.5. The van der Waals surface area contributed by atoms with Crippen LogP contribution in [0, 0.1) is 20.8 Å². The zero-order valence-electron chi connectivity index (χ0n) is 12.9. The van der Waals surface area contributed by atoms with Crippen LogP contribution >= 0.6 is 11.3 Å². The number of para-hydroxylation sites is 1. The number of benzene rings is 1. The summed E-state index contributed by atoms with van der Waals surface area (Å²) in [5.41, 5.74) is 2.78. The molecule has 0 aliphatic rings. The lowest BCUT2D eigenvalue weighted by molar-refractivity contribution is 0.102. The Bertz CT molecular complexity index is 676. The SMILES string of the molecule is COc1cccc(C(=O)Nc2sc(C)c(C)c2C)c1OC. The van der Waals surface area contributed by atoms with Gasteiger partial charge in [-0.05, 0) is 44.0 Å². The van der Waals surface area contributed by atoms with Gasteiger partial charge in [0.1, 0.15) is 0 Å². The van der Waals surface area contributed by atoms with Crippen LogP contribution in [0.5, 0.6) is 11.5 Å². The van der Waals surface area contributed by atoms with Gasteiger partial charge in [0.2, 0.25) is 0 Å². The highest BCUT2D eigenvalue weighted by atomic mass is 32.1. The van der Waals surface area contributed by atoms with Crippen molar-refractivity contribution in [2.45, 2.75) is 20.8 Å². The van der Waals surface area contributed by atoms with Crippen molar-refractivity contribution in [1.29, 1.82) is 0 Å². The second-order valence-corrected chi connectivity index (χ2v) is 5.96. The number of aryl methyl sites for hydroxylation is 1. The standard InChI is InChI=1S/C16H19NO3S/c1-9-10(2)16(21-11(9)3)17-15(18)12-7-6-8-13(19-4)14(12)20-5/h6-8H,1-5H3,(H,17,18). The number of amides is 1. The van der Waals surface area contributed by atoms with E-state index in [0.29, 0.717) is 17.1 Å². The van der Waals surface area contributed by atoms with E-state index in [-0.39, 0.29) is 5.91 Å². The Kier molecular flexibility index (Phi) is 4.53. The first-order valence-corrected chi connectivity index (χ1v) is 7.40. The molecule has 1 aromatic carbocycles. The van der Waals surface area contributed by atoms with Gasteiger partial charge in [-0.15, -0.1) is 11.3 Å². The van der Waals surface area contributed by atoms with Crippen LogP contribution in [0.3, 0.4) is 0 Å². The van der Waals surface area contributed by atoms with Gasteiger partial charge in [-0.3, -0.25) is 4.79 Å². The van der Waals surface area contributed by atoms with Crippen LogP contribution in [-0.4, -0.2) is 20.1 Å². The summed E-state index contributed by atoms with van der Waals surface area (Å²) in [6, 6.07) is 5.26. The molecule has 21 heavy (non-hydrogen) atoms. The van der Waals surface area contributed by atoms with Crippen LogP contribution < -0.4 is 14.8 Å². The van der Waals surface area contributed by atoms with Crippen LogP contribution in [0.4, 0.5) is 5.00 Å². The van der Waals surface area contributed by atoms with Gasteiger partial charge in [-0.25, -0.2) is 0 Å². The number of anilines is 1. The fraction of sp³-hybridized carbons (Fsp3) is 0.312. The van der Waals surface area contributed by atoms with Gasteiger partial charge in [-0.2, -0.15) is 0 Å². The number of carbonyl (C=O) groups is 1. The van der Waals surface area contributed by atoms with Crippen molar-refractivity contribution in [2.75, 3.05) is 19.5 Å². The van der Waals surface area contributed by atoms with Crippen molar-refractivity contribution in [1.82, 2.24) is 0 Å². The van der Waals surface area contributed by atoms with Crippen LogP contribution in [0.15, 0.2) is 18.2 Å². The Morgan fingerprint density at radius 1 is 1.10 bits per heavy atom. The minimum atomic E-state index is -0.199. The Balaban J connectivity index is 2.34. The molecule has 0 spiro atoms. The predicted molar refractivity (Wildman–Crippen MR) is 86.0 cm³/mol. The summed E-state index contributed by atoms with van der Waals surface area (Å²) in [6.07, 6.45) is 0. The lowest BCUT2D eigenvalue weighted by atomic mass is 10.1. The predicted octanol–water partition coefficient (Wildman–Crippen LogP) is 3.94. The van der Waals surface area contributed by atoms with E-state index in [1.165, 1.54) is 17.6 Å². The number of carbonyl (C=O) groups excluding carboxylic acids is 1. The normalized spacial score (nSPS) is 10.3. The molecule has 0 saturated carbocycles. The molecule has 1 amide bonds. The van der Waals surface area contributed by atoms with Crippen LogP contribution in [0.2, 0.25) is 0 Å². The molecule has 1 aromatic heterocycles. The van der Waals surface area contributed by atoms with Gasteiger partial charge in [-0.1, -0.05) is 6.07 Å². The molecule has 0 fully saturated rings. The van der Waals surface area contributed by atoms with Crippen molar-refractivity contribution >= 4 is 22.2 Å². The number of methoxy groups -OCH3 is 2. The van der Waals surface area contributed by atoms with Gasteiger partial charge >= 0.3 is 0 Å². The third-order valence-corrected chi connectivity index (χ3v) is 4.79. The molecule has 0 saturated heterocycles. The van der Waals surface area contributed by atoms with Crippen LogP contribution in [0.1, 0.15) is 26.4 Å². The summed E-state index contributed by atoms with van der Waals surface area (Å²) in [5.74, 6) is 0.788. The fourth-order valence-electron chi connectivity index (χ4n) is 2.10. The molecular formula is C16H19NO3S. The Hall–Kier alpha value is -2.01. The molecule has 0 radical (unpaired) electrons. The summed E-state index contributed by atoms with van der Waals surface area (Å²) in [4.78, 5) is 13.7. The summed E-state index contributed by atoms with van der Waals surface area (Å²) in [7, 11) is 3.08. The Morgan fingerprint density at radius 2 is 1.81 bits per heavy atom. The number of rotatable bonds is 4. The molecule has 4 nitrogen and oxygen atoms in total. The number of hydrogen-bond donors (Lipinski definition) is 1. The molecule has 0 aliphatic heterocycles. The zero-order valence-corrected chi connectivity index (χ0v) is 13.7. The Labute approximate surface area is 128 Å². The average molecular weight is 305 g/mol. The van der Waals surface area contributed by atoms with Crippen LogP contribution in [-0.2, 0) is 0 Å². The largest absolute Gasteiger partial charge is 0.493 e. The second-order valence-electron chi connectivity index (χ2n) is 4.73. The lowest BCUT2D eigenvalue weighted by Gasteiger charge is -2.12.